The van der Waals surface area contributed by atoms with Gasteiger partial charge in [-0.3, -0.25) is 14.4 Å². The molecule has 108 valence electrons. The van der Waals surface area contributed by atoms with Gasteiger partial charge in [-0.15, -0.1) is 0 Å². The highest BCUT2D eigenvalue weighted by atomic mass is 32.1. The van der Waals surface area contributed by atoms with E-state index >= 15 is 0 Å². The molecule has 0 unspecified atom stereocenters. The number of unbranched alkanes of at least 4 members (excludes halogenated alkanes) is 1. The molecule has 2 aromatic rings. The van der Waals surface area contributed by atoms with Crippen molar-refractivity contribution in [3.8, 4) is 5.88 Å². The second-order valence-electron chi connectivity index (χ2n) is 4.94. The van der Waals surface area contributed by atoms with Crippen LogP contribution in [-0.2, 0) is 6.54 Å². The Hall–Kier alpha value is -2.14. The number of aliphatic imine (C=N–C) groups is 1. The summed E-state index contributed by atoms with van der Waals surface area (Å²) in [6.07, 6.45) is 5.46. The first kappa shape index (κ1) is 13.8. The fourth-order valence-corrected chi connectivity index (χ4v) is 3.18. The molecule has 0 atom stereocenters. The SMILES string of the molecule is CCCCn1c(O)c(C=C2C=Nc3ccccc32)sc1=O. The first-order valence-corrected chi connectivity index (χ1v) is 7.80. The molecule has 0 aliphatic carbocycles. The second kappa shape index (κ2) is 5.69. The number of fused-ring (bicyclic) bond motifs is 1. The Bertz CT molecular complexity index is 784. The highest BCUT2D eigenvalue weighted by Crippen LogP contribution is 2.34. The van der Waals surface area contributed by atoms with Crippen molar-refractivity contribution >= 4 is 34.9 Å². The number of nitrogens with zero attached hydrogens (tertiary/aromatic N) is 2. The molecule has 0 amide bonds. The molecule has 0 bridgehead atoms. The molecule has 0 saturated carbocycles. The van der Waals surface area contributed by atoms with Crippen molar-refractivity contribution in [1.29, 1.82) is 0 Å². The van der Waals surface area contributed by atoms with Gasteiger partial charge >= 0.3 is 4.87 Å². The topological polar surface area (TPSA) is 54.6 Å². The molecule has 5 heteroatoms. The summed E-state index contributed by atoms with van der Waals surface area (Å²) in [4.78, 5) is 16.8. The van der Waals surface area contributed by atoms with Gasteiger partial charge < -0.3 is 5.11 Å². The number of para-hydroxylation sites is 1. The second-order valence-corrected chi connectivity index (χ2v) is 5.93. The summed E-state index contributed by atoms with van der Waals surface area (Å²) in [6.45, 7) is 2.62. The maximum absolute atomic E-state index is 11.9. The van der Waals surface area contributed by atoms with Crippen LogP contribution in [0.15, 0.2) is 34.1 Å². The van der Waals surface area contributed by atoms with E-state index in [1.807, 2.05) is 30.3 Å². The molecule has 0 saturated heterocycles. The predicted molar refractivity (Wildman–Crippen MR) is 87.6 cm³/mol. The Balaban J connectivity index is 1.98. The van der Waals surface area contributed by atoms with Crippen molar-refractivity contribution in [2.24, 2.45) is 4.99 Å². The zero-order valence-corrected chi connectivity index (χ0v) is 12.6. The standard InChI is InChI=1S/C16H16N2O2S/c1-2-3-8-18-15(19)14(21-16(18)20)9-11-10-17-13-7-5-4-6-12(11)13/h4-7,9-10,19H,2-3,8H2,1H3. The number of thiazole rings is 1. The Morgan fingerprint density at radius 2 is 2.19 bits per heavy atom. The lowest BCUT2D eigenvalue weighted by atomic mass is 10.1. The molecule has 0 spiro atoms. The molecule has 0 radical (unpaired) electrons. The van der Waals surface area contributed by atoms with Crippen molar-refractivity contribution in [2.45, 2.75) is 26.3 Å². The quantitative estimate of drug-likeness (QED) is 0.936. The molecular weight excluding hydrogens is 284 g/mol. The summed E-state index contributed by atoms with van der Waals surface area (Å²) >= 11 is 1.07. The third-order valence-corrected chi connectivity index (χ3v) is 4.39. The van der Waals surface area contributed by atoms with Gasteiger partial charge in [0, 0.05) is 23.9 Å². The van der Waals surface area contributed by atoms with Gasteiger partial charge in [0.25, 0.3) is 0 Å². The van der Waals surface area contributed by atoms with E-state index in [1.165, 1.54) is 4.57 Å². The highest BCUT2D eigenvalue weighted by molar-refractivity contribution is 7.10. The zero-order chi connectivity index (χ0) is 14.8. The maximum atomic E-state index is 11.9. The number of hydrogen-bond acceptors (Lipinski definition) is 4. The Kier molecular flexibility index (Phi) is 3.75. The maximum Gasteiger partial charge on any atom is 0.310 e. The molecule has 2 heterocycles. The van der Waals surface area contributed by atoms with Crippen LogP contribution in [-0.4, -0.2) is 15.9 Å². The number of allylic oxidation sites excluding steroid dienone is 1. The lowest BCUT2D eigenvalue weighted by molar-refractivity contribution is 0.408. The number of rotatable bonds is 4. The zero-order valence-electron chi connectivity index (χ0n) is 11.7. The van der Waals surface area contributed by atoms with Crippen LogP contribution in [0.2, 0.25) is 0 Å². The normalized spacial score (nSPS) is 14.8. The molecule has 1 N–H and O–H groups in total. The summed E-state index contributed by atoms with van der Waals surface area (Å²) in [5.74, 6) is 0.0590. The molecule has 1 aromatic carbocycles. The van der Waals surface area contributed by atoms with E-state index < -0.39 is 0 Å². The minimum absolute atomic E-state index is 0.0590. The van der Waals surface area contributed by atoms with Crippen molar-refractivity contribution in [2.75, 3.05) is 0 Å². The summed E-state index contributed by atoms with van der Waals surface area (Å²) in [7, 11) is 0. The van der Waals surface area contributed by atoms with E-state index in [2.05, 4.69) is 11.9 Å². The van der Waals surface area contributed by atoms with Crippen LogP contribution < -0.4 is 4.87 Å². The minimum Gasteiger partial charge on any atom is -0.493 e. The predicted octanol–water partition coefficient (Wildman–Crippen LogP) is 3.67. The number of aromatic nitrogens is 1. The minimum atomic E-state index is -0.115. The summed E-state index contributed by atoms with van der Waals surface area (Å²) in [6, 6.07) is 7.83. The average molecular weight is 300 g/mol. The van der Waals surface area contributed by atoms with Gasteiger partial charge in [-0.2, -0.15) is 0 Å². The van der Waals surface area contributed by atoms with Crippen LogP contribution in [0.3, 0.4) is 0 Å². The average Bonchev–Trinajstić information content (AvgIpc) is 3.01. The number of aromatic hydroxyl groups is 1. The first-order valence-electron chi connectivity index (χ1n) is 6.98. The van der Waals surface area contributed by atoms with Crippen molar-refractivity contribution in [3.05, 3.63) is 44.4 Å². The van der Waals surface area contributed by atoms with E-state index in [0.717, 1.165) is 41.0 Å². The van der Waals surface area contributed by atoms with Gasteiger partial charge in [0.2, 0.25) is 5.88 Å². The molecule has 1 aliphatic rings. The van der Waals surface area contributed by atoms with Crippen molar-refractivity contribution in [3.63, 3.8) is 0 Å². The lowest BCUT2D eigenvalue weighted by Gasteiger charge is -2.02. The van der Waals surface area contributed by atoms with E-state index in [0.29, 0.717) is 11.4 Å². The van der Waals surface area contributed by atoms with E-state index in [-0.39, 0.29) is 10.8 Å². The molecule has 3 rings (SSSR count). The highest BCUT2D eigenvalue weighted by Gasteiger charge is 2.15. The molecule has 4 nitrogen and oxygen atoms in total. The van der Waals surface area contributed by atoms with Crippen LogP contribution in [0.25, 0.3) is 11.6 Å². The van der Waals surface area contributed by atoms with Gasteiger partial charge in [0.15, 0.2) is 0 Å². The molecular formula is C16H16N2O2S. The van der Waals surface area contributed by atoms with E-state index in [4.69, 9.17) is 0 Å². The van der Waals surface area contributed by atoms with Gasteiger partial charge in [-0.25, -0.2) is 0 Å². The van der Waals surface area contributed by atoms with Crippen LogP contribution in [0.4, 0.5) is 5.69 Å². The fourth-order valence-electron chi connectivity index (χ4n) is 2.32. The summed E-state index contributed by atoms with van der Waals surface area (Å²) in [5.41, 5.74) is 2.86. The van der Waals surface area contributed by atoms with Crippen molar-refractivity contribution < 1.29 is 5.11 Å². The van der Waals surface area contributed by atoms with Crippen LogP contribution in [0.5, 0.6) is 5.88 Å². The van der Waals surface area contributed by atoms with Crippen LogP contribution in [0.1, 0.15) is 30.2 Å². The molecule has 0 fully saturated rings. The molecule has 1 aromatic heterocycles. The Morgan fingerprint density at radius 3 is 3.00 bits per heavy atom. The molecule has 1 aliphatic heterocycles. The summed E-state index contributed by atoms with van der Waals surface area (Å²) in [5, 5.41) is 10.2. The lowest BCUT2D eigenvalue weighted by Crippen LogP contribution is -2.12. The Morgan fingerprint density at radius 1 is 1.38 bits per heavy atom. The van der Waals surface area contributed by atoms with Gasteiger partial charge in [-0.05, 0) is 18.6 Å². The smallest absolute Gasteiger partial charge is 0.310 e. The molecule has 21 heavy (non-hydrogen) atoms. The fraction of sp³-hybridized carbons (Fsp3) is 0.250. The third kappa shape index (κ3) is 2.56. The van der Waals surface area contributed by atoms with E-state index in [1.54, 1.807) is 6.21 Å². The monoisotopic (exact) mass is 300 g/mol. The van der Waals surface area contributed by atoms with Gasteiger partial charge in [-0.1, -0.05) is 42.9 Å². The van der Waals surface area contributed by atoms with Crippen molar-refractivity contribution in [1.82, 2.24) is 4.57 Å². The van der Waals surface area contributed by atoms with Gasteiger partial charge in [0.05, 0.1) is 10.6 Å². The first-order chi connectivity index (χ1) is 10.2. The van der Waals surface area contributed by atoms with Crippen LogP contribution in [0, 0.1) is 0 Å². The number of hydrogen-bond donors (Lipinski definition) is 1. The van der Waals surface area contributed by atoms with Gasteiger partial charge in [0.1, 0.15) is 0 Å². The van der Waals surface area contributed by atoms with Crippen LogP contribution >= 0.6 is 11.3 Å². The number of benzene rings is 1. The van der Waals surface area contributed by atoms with E-state index in [9.17, 15) is 9.90 Å². The third-order valence-electron chi connectivity index (χ3n) is 3.47. The largest absolute Gasteiger partial charge is 0.493 e. The summed E-state index contributed by atoms with van der Waals surface area (Å²) < 4.78 is 1.44. The Labute approximate surface area is 126 Å².